The van der Waals surface area contributed by atoms with E-state index in [2.05, 4.69) is 41.9 Å². The van der Waals surface area contributed by atoms with Crippen molar-refractivity contribution in [1.82, 2.24) is 14.8 Å². The molecule has 0 aliphatic carbocycles. The summed E-state index contributed by atoms with van der Waals surface area (Å²) in [5.74, 6) is 3.25. The first-order valence-corrected chi connectivity index (χ1v) is 10.2. The molecule has 0 fully saturated rings. The van der Waals surface area contributed by atoms with Crippen LogP contribution in [0.2, 0.25) is 0 Å². The van der Waals surface area contributed by atoms with E-state index < -0.39 is 0 Å². The summed E-state index contributed by atoms with van der Waals surface area (Å²) >= 11 is 1.64. The number of ether oxygens (including phenoxy) is 2. The molecule has 0 radical (unpaired) electrons. The van der Waals surface area contributed by atoms with Gasteiger partial charge in [-0.25, -0.2) is 0 Å². The van der Waals surface area contributed by atoms with Crippen molar-refractivity contribution in [2.75, 3.05) is 7.11 Å². The topological polar surface area (TPSA) is 49.2 Å². The zero-order chi connectivity index (χ0) is 19.8. The number of nitrogens with zero attached hydrogens (tertiary/aromatic N) is 3. The fourth-order valence-corrected chi connectivity index (χ4v) is 3.63. The fraction of sp³-hybridized carbons (Fsp3) is 0.273. The zero-order valence-corrected chi connectivity index (χ0v) is 17.1. The highest BCUT2D eigenvalue weighted by Gasteiger charge is 2.13. The van der Waals surface area contributed by atoms with Gasteiger partial charge in [0.1, 0.15) is 18.1 Å². The SMILES string of the molecule is C=CCn1c(COc2ccc(CC)cc2)nnc1SCc1cccc(OC)c1. The van der Waals surface area contributed by atoms with Gasteiger partial charge >= 0.3 is 0 Å². The average molecular weight is 396 g/mol. The van der Waals surface area contributed by atoms with Gasteiger partial charge in [-0.3, -0.25) is 4.57 Å². The van der Waals surface area contributed by atoms with Crippen molar-refractivity contribution in [3.63, 3.8) is 0 Å². The van der Waals surface area contributed by atoms with Crippen molar-refractivity contribution < 1.29 is 9.47 Å². The second-order valence-corrected chi connectivity index (χ2v) is 7.17. The Morgan fingerprint density at radius 3 is 2.61 bits per heavy atom. The number of hydrogen-bond donors (Lipinski definition) is 0. The third-order valence-corrected chi connectivity index (χ3v) is 5.34. The predicted octanol–water partition coefficient (Wildman–Crippen LogP) is 4.91. The quantitative estimate of drug-likeness (QED) is 0.361. The van der Waals surface area contributed by atoms with Gasteiger partial charge < -0.3 is 9.47 Å². The highest BCUT2D eigenvalue weighted by molar-refractivity contribution is 7.98. The molecule has 2 aromatic carbocycles. The molecule has 5 nitrogen and oxygen atoms in total. The summed E-state index contributed by atoms with van der Waals surface area (Å²) in [5, 5.41) is 9.52. The number of rotatable bonds is 10. The normalized spacial score (nSPS) is 10.6. The van der Waals surface area contributed by atoms with Crippen LogP contribution in [0.5, 0.6) is 11.5 Å². The van der Waals surface area contributed by atoms with E-state index in [4.69, 9.17) is 9.47 Å². The second-order valence-electron chi connectivity index (χ2n) is 6.22. The summed E-state index contributed by atoms with van der Waals surface area (Å²) in [6, 6.07) is 16.2. The van der Waals surface area contributed by atoms with Crippen molar-refractivity contribution >= 4 is 11.8 Å². The van der Waals surface area contributed by atoms with Crippen LogP contribution in [0.1, 0.15) is 23.9 Å². The molecule has 0 spiro atoms. The first-order valence-electron chi connectivity index (χ1n) is 9.24. The smallest absolute Gasteiger partial charge is 0.191 e. The zero-order valence-electron chi connectivity index (χ0n) is 16.3. The number of methoxy groups -OCH3 is 1. The lowest BCUT2D eigenvalue weighted by Crippen LogP contribution is -2.07. The third kappa shape index (κ3) is 5.16. The van der Waals surface area contributed by atoms with Crippen LogP contribution < -0.4 is 9.47 Å². The number of allylic oxidation sites excluding steroid dienone is 1. The van der Waals surface area contributed by atoms with Crippen LogP contribution in [-0.4, -0.2) is 21.9 Å². The molecule has 0 atom stereocenters. The molecule has 1 heterocycles. The average Bonchev–Trinajstić information content (AvgIpc) is 3.13. The maximum atomic E-state index is 5.90. The maximum absolute atomic E-state index is 5.90. The molecule has 0 saturated carbocycles. The van der Waals surface area contributed by atoms with Crippen LogP contribution in [0.4, 0.5) is 0 Å². The van der Waals surface area contributed by atoms with Gasteiger partial charge in [-0.2, -0.15) is 0 Å². The van der Waals surface area contributed by atoms with Crippen LogP contribution in [0.25, 0.3) is 0 Å². The van der Waals surface area contributed by atoms with E-state index in [-0.39, 0.29) is 0 Å². The van der Waals surface area contributed by atoms with Crippen molar-refractivity contribution in [2.24, 2.45) is 0 Å². The number of hydrogen-bond acceptors (Lipinski definition) is 5. The van der Waals surface area contributed by atoms with Gasteiger partial charge in [0.15, 0.2) is 11.0 Å². The molecule has 0 aliphatic heterocycles. The van der Waals surface area contributed by atoms with E-state index in [1.54, 1.807) is 18.9 Å². The van der Waals surface area contributed by atoms with E-state index in [0.717, 1.165) is 34.7 Å². The molecule has 0 aliphatic rings. The molecule has 3 rings (SSSR count). The summed E-state index contributed by atoms with van der Waals surface area (Å²) in [5.41, 5.74) is 2.46. The molecule has 1 aromatic heterocycles. The molecule has 3 aromatic rings. The van der Waals surface area contributed by atoms with Crippen molar-refractivity contribution in [3.05, 3.63) is 78.1 Å². The Bertz CT molecular complexity index is 906. The third-order valence-electron chi connectivity index (χ3n) is 4.31. The predicted molar refractivity (Wildman–Crippen MR) is 113 cm³/mol. The Morgan fingerprint density at radius 1 is 1.07 bits per heavy atom. The molecule has 0 N–H and O–H groups in total. The molecule has 0 amide bonds. The van der Waals surface area contributed by atoms with Gasteiger partial charge in [-0.1, -0.05) is 49.0 Å². The fourth-order valence-electron chi connectivity index (χ4n) is 2.72. The monoisotopic (exact) mass is 395 g/mol. The van der Waals surface area contributed by atoms with Crippen LogP contribution in [0.3, 0.4) is 0 Å². The molecule has 146 valence electrons. The summed E-state index contributed by atoms with van der Waals surface area (Å²) < 4.78 is 13.2. The molecular formula is C22H25N3O2S. The Morgan fingerprint density at radius 2 is 1.89 bits per heavy atom. The van der Waals surface area contributed by atoms with Crippen molar-refractivity contribution in [1.29, 1.82) is 0 Å². The highest BCUT2D eigenvalue weighted by Crippen LogP contribution is 2.24. The molecular weight excluding hydrogens is 370 g/mol. The minimum absolute atomic E-state index is 0.367. The van der Waals surface area contributed by atoms with Crippen molar-refractivity contribution in [2.45, 2.75) is 37.4 Å². The lowest BCUT2D eigenvalue weighted by atomic mass is 10.2. The highest BCUT2D eigenvalue weighted by atomic mass is 32.2. The minimum Gasteiger partial charge on any atom is -0.497 e. The number of benzene rings is 2. The number of aromatic nitrogens is 3. The van der Waals surface area contributed by atoms with Gasteiger partial charge in [-0.05, 0) is 41.8 Å². The largest absolute Gasteiger partial charge is 0.497 e. The van der Waals surface area contributed by atoms with Crippen molar-refractivity contribution in [3.8, 4) is 11.5 Å². The van der Waals surface area contributed by atoms with Gasteiger partial charge in [-0.15, -0.1) is 16.8 Å². The Hall–Kier alpha value is -2.73. The molecule has 6 heteroatoms. The van der Waals surface area contributed by atoms with Gasteiger partial charge in [0.2, 0.25) is 0 Å². The first kappa shape index (κ1) is 20.0. The maximum Gasteiger partial charge on any atom is 0.191 e. The van der Waals surface area contributed by atoms with E-state index in [9.17, 15) is 0 Å². The van der Waals surface area contributed by atoms with E-state index in [1.165, 1.54) is 11.1 Å². The summed E-state index contributed by atoms with van der Waals surface area (Å²) in [6.07, 6.45) is 2.86. The van der Waals surface area contributed by atoms with Crippen LogP contribution in [-0.2, 0) is 25.3 Å². The lowest BCUT2D eigenvalue weighted by molar-refractivity contribution is 0.289. The van der Waals surface area contributed by atoms with Gasteiger partial charge in [0, 0.05) is 12.3 Å². The number of thioether (sulfide) groups is 1. The summed E-state index contributed by atoms with van der Waals surface area (Å²) in [7, 11) is 1.68. The lowest BCUT2D eigenvalue weighted by Gasteiger charge is -2.10. The summed E-state index contributed by atoms with van der Waals surface area (Å²) in [4.78, 5) is 0. The second kappa shape index (κ2) is 9.99. The molecule has 28 heavy (non-hydrogen) atoms. The molecule has 0 saturated heterocycles. The van der Waals surface area contributed by atoms with E-state index in [1.807, 2.05) is 41.0 Å². The van der Waals surface area contributed by atoms with Crippen LogP contribution >= 0.6 is 11.8 Å². The molecule has 0 unspecified atom stereocenters. The molecule has 0 bridgehead atoms. The Labute approximate surface area is 170 Å². The van der Waals surface area contributed by atoms with Gasteiger partial charge in [0.05, 0.1) is 7.11 Å². The summed E-state index contributed by atoms with van der Waals surface area (Å²) in [6.45, 7) is 7.00. The Kier molecular flexibility index (Phi) is 7.14. The minimum atomic E-state index is 0.367. The number of aryl methyl sites for hydroxylation is 1. The first-order chi connectivity index (χ1) is 13.7. The van der Waals surface area contributed by atoms with Crippen LogP contribution in [0, 0.1) is 0 Å². The van der Waals surface area contributed by atoms with Gasteiger partial charge in [0.25, 0.3) is 0 Å². The standard InChI is InChI=1S/C22H25N3O2S/c1-4-13-25-21(15-27-19-11-9-17(5-2)10-12-19)23-24-22(25)28-16-18-7-6-8-20(14-18)26-3/h4,6-12,14H,1,5,13,15-16H2,2-3H3. The van der Waals surface area contributed by atoms with E-state index >= 15 is 0 Å². The van der Waals surface area contributed by atoms with E-state index in [0.29, 0.717) is 13.2 Å². The Balaban J connectivity index is 1.67. The van der Waals surface area contributed by atoms with Crippen LogP contribution in [0.15, 0.2) is 66.3 Å².